The third-order valence-electron chi connectivity index (χ3n) is 4.18. The number of nitrogens with zero attached hydrogens (tertiary/aromatic N) is 1. The van der Waals surface area contributed by atoms with Gasteiger partial charge in [-0.2, -0.15) is 0 Å². The minimum atomic E-state index is 0.349. The van der Waals surface area contributed by atoms with E-state index >= 15 is 0 Å². The highest BCUT2D eigenvalue weighted by atomic mass is 35.5. The Morgan fingerprint density at radius 1 is 1.32 bits per heavy atom. The Kier molecular flexibility index (Phi) is 5.06. The quantitative estimate of drug-likeness (QED) is 0.902. The number of pyridine rings is 1. The second kappa shape index (κ2) is 6.58. The molecule has 0 aliphatic heterocycles. The molecule has 0 spiro atoms. The monoisotopic (exact) mass is 282 g/mol. The minimum Gasteiger partial charge on any atom is -0.373 e. The Balaban J connectivity index is 1.92. The van der Waals surface area contributed by atoms with Crippen molar-refractivity contribution < 1.29 is 4.74 Å². The first kappa shape index (κ1) is 14.6. The Bertz CT molecular complexity index is 425. The second-order valence-corrected chi connectivity index (χ2v) is 5.98. The van der Waals surface area contributed by atoms with Crippen LogP contribution in [-0.4, -0.2) is 18.1 Å². The highest BCUT2D eigenvalue weighted by Gasteiger charge is 2.25. The van der Waals surface area contributed by atoms with Crippen molar-refractivity contribution in [2.24, 2.45) is 11.8 Å². The summed E-state index contributed by atoms with van der Waals surface area (Å²) < 4.78 is 5.99. The van der Waals surface area contributed by atoms with E-state index < -0.39 is 0 Å². The zero-order chi connectivity index (χ0) is 13.8. The van der Waals surface area contributed by atoms with Gasteiger partial charge in [-0.15, -0.1) is 0 Å². The van der Waals surface area contributed by atoms with Gasteiger partial charge < -0.3 is 10.1 Å². The van der Waals surface area contributed by atoms with Gasteiger partial charge in [-0.25, -0.2) is 4.98 Å². The first-order valence-electron chi connectivity index (χ1n) is 7.05. The van der Waals surface area contributed by atoms with Crippen molar-refractivity contribution in [2.45, 2.75) is 45.8 Å². The van der Waals surface area contributed by atoms with E-state index in [1.54, 1.807) is 0 Å². The van der Waals surface area contributed by atoms with Gasteiger partial charge in [0.2, 0.25) is 0 Å². The molecule has 106 valence electrons. The summed E-state index contributed by atoms with van der Waals surface area (Å²) in [6.45, 7) is 5.14. The number of halogens is 1. The molecule has 0 aromatic carbocycles. The second-order valence-electron chi connectivity index (χ2n) is 5.58. The lowest BCUT2D eigenvalue weighted by molar-refractivity contribution is -0.00867. The van der Waals surface area contributed by atoms with Gasteiger partial charge in [0.25, 0.3) is 0 Å². The summed E-state index contributed by atoms with van der Waals surface area (Å²) in [7, 11) is 1.85. The molecule has 0 amide bonds. The molecule has 1 saturated carbocycles. The normalized spacial score (nSPS) is 27.3. The highest BCUT2D eigenvalue weighted by Crippen LogP contribution is 2.31. The molecule has 0 radical (unpaired) electrons. The Hall–Kier alpha value is -0.800. The van der Waals surface area contributed by atoms with Crippen molar-refractivity contribution in [1.29, 1.82) is 0 Å². The van der Waals surface area contributed by atoms with Crippen molar-refractivity contribution in [3.8, 4) is 0 Å². The van der Waals surface area contributed by atoms with E-state index in [-0.39, 0.29) is 0 Å². The molecule has 0 bridgehead atoms. The fourth-order valence-electron chi connectivity index (χ4n) is 2.57. The van der Waals surface area contributed by atoms with Gasteiger partial charge in [0.1, 0.15) is 5.82 Å². The molecule has 3 unspecified atom stereocenters. The third-order valence-corrected chi connectivity index (χ3v) is 4.52. The summed E-state index contributed by atoms with van der Waals surface area (Å²) in [6, 6.07) is 3.74. The molecule has 1 aliphatic rings. The Morgan fingerprint density at radius 2 is 2.11 bits per heavy atom. The van der Waals surface area contributed by atoms with Gasteiger partial charge in [-0.3, -0.25) is 0 Å². The van der Waals surface area contributed by atoms with E-state index in [9.17, 15) is 0 Å². The number of rotatable bonds is 4. The van der Waals surface area contributed by atoms with Gasteiger partial charge in [-0.05, 0) is 43.2 Å². The lowest BCUT2D eigenvalue weighted by atomic mass is 9.80. The molecular formula is C15H23ClN2O. The average molecular weight is 283 g/mol. The van der Waals surface area contributed by atoms with Crippen LogP contribution in [0.5, 0.6) is 0 Å². The summed E-state index contributed by atoms with van der Waals surface area (Å²) in [4.78, 5) is 4.44. The molecule has 3 atom stereocenters. The molecule has 1 aromatic rings. The Labute approximate surface area is 120 Å². The van der Waals surface area contributed by atoms with Crippen LogP contribution in [0.15, 0.2) is 12.1 Å². The molecule has 1 heterocycles. The van der Waals surface area contributed by atoms with Crippen molar-refractivity contribution in [3.63, 3.8) is 0 Å². The van der Waals surface area contributed by atoms with Crippen LogP contribution in [0.4, 0.5) is 5.82 Å². The smallest absolute Gasteiger partial charge is 0.126 e. The molecule has 1 aliphatic carbocycles. The predicted molar refractivity (Wildman–Crippen MR) is 79.5 cm³/mol. The van der Waals surface area contributed by atoms with E-state index in [2.05, 4.69) is 24.1 Å². The van der Waals surface area contributed by atoms with E-state index in [1.165, 1.54) is 6.42 Å². The fraction of sp³-hybridized carbons (Fsp3) is 0.667. The molecule has 3 nitrogen and oxygen atoms in total. The SMILES string of the molecule is CNc1ccc(Cl)c(COC2CCC(C)C(C)C2)n1. The first-order valence-corrected chi connectivity index (χ1v) is 7.42. The average Bonchev–Trinajstić information content (AvgIpc) is 2.41. The number of aromatic nitrogens is 1. The molecule has 1 aromatic heterocycles. The van der Waals surface area contributed by atoms with E-state index in [0.29, 0.717) is 17.7 Å². The topological polar surface area (TPSA) is 34.1 Å². The zero-order valence-electron chi connectivity index (χ0n) is 11.9. The summed E-state index contributed by atoms with van der Waals surface area (Å²) in [5.74, 6) is 2.38. The molecule has 0 saturated heterocycles. The van der Waals surface area contributed by atoms with Crippen molar-refractivity contribution >= 4 is 17.4 Å². The van der Waals surface area contributed by atoms with Gasteiger partial charge >= 0.3 is 0 Å². The van der Waals surface area contributed by atoms with Gasteiger partial charge in [0, 0.05) is 7.05 Å². The van der Waals surface area contributed by atoms with Crippen molar-refractivity contribution in [1.82, 2.24) is 4.98 Å². The molecule has 1 N–H and O–H groups in total. The maximum atomic E-state index is 6.15. The fourth-order valence-corrected chi connectivity index (χ4v) is 2.73. The zero-order valence-corrected chi connectivity index (χ0v) is 12.7. The largest absolute Gasteiger partial charge is 0.373 e. The van der Waals surface area contributed by atoms with Crippen molar-refractivity contribution in [3.05, 3.63) is 22.8 Å². The molecule has 1 fully saturated rings. The standard InChI is InChI=1S/C15H23ClN2O/c1-10-4-5-12(8-11(10)2)19-9-14-13(16)6-7-15(17-3)18-14/h6-7,10-12H,4-5,8-9H2,1-3H3,(H,17,18). The van der Waals surface area contributed by atoms with Crippen LogP contribution in [0.3, 0.4) is 0 Å². The van der Waals surface area contributed by atoms with Crippen LogP contribution < -0.4 is 5.32 Å². The highest BCUT2D eigenvalue weighted by molar-refractivity contribution is 6.31. The maximum absolute atomic E-state index is 6.15. The number of ether oxygens (including phenoxy) is 1. The number of hydrogen-bond donors (Lipinski definition) is 1. The minimum absolute atomic E-state index is 0.349. The van der Waals surface area contributed by atoms with E-state index in [4.69, 9.17) is 16.3 Å². The van der Waals surface area contributed by atoms with Gasteiger partial charge in [-0.1, -0.05) is 25.4 Å². The summed E-state index contributed by atoms with van der Waals surface area (Å²) in [5.41, 5.74) is 0.819. The summed E-state index contributed by atoms with van der Waals surface area (Å²) >= 11 is 6.15. The number of anilines is 1. The lowest BCUT2D eigenvalue weighted by Gasteiger charge is -2.31. The van der Waals surface area contributed by atoms with Crippen LogP contribution in [0.25, 0.3) is 0 Å². The molecule has 19 heavy (non-hydrogen) atoms. The van der Waals surface area contributed by atoms with Crippen LogP contribution >= 0.6 is 11.6 Å². The maximum Gasteiger partial charge on any atom is 0.126 e. The van der Waals surface area contributed by atoms with Crippen molar-refractivity contribution in [2.75, 3.05) is 12.4 Å². The van der Waals surface area contributed by atoms with Crippen LogP contribution in [0, 0.1) is 11.8 Å². The summed E-state index contributed by atoms with van der Waals surface area (Å²) in [6.07, 6.45) is 3.89. The van der Waals surface area contributed by atoms with Crippen LogP contribution in [0.1, 0.15) is 38.8 Å². The van der Waals surface area contributed by atoms with E-state index in [1.807, 2.05) is 19.2 Å². The molecule has 2 rings (SSSR count). The number of hydrogen-bond acceptors (Lipinski definition) is 3. The third kappa shape index (κ3) is 3.83. The van der Waals surface area contributed by atoms with Gasteiger partial charge in [0.05, 0.1) is 23.4 Å². The van der Waals surface area contributed by atoms with Gasteiger partial charge in [0.15, 0.2) is 0 Å². The van der Waals surface area contributed by atoms with Crippen LogP contribution in [0.2, 0.25) is 5.02 Å². The predicted octanol–water partition coefficient (Wildman–Crippen LogP) is 4.12. The Morgan fingerprint density at radius 3 is 2.79 bits per heavy atom. The van der Waals surface area contributed by atoms with E-state index in [0.717, 1.165) is 36.2 Å². The number of nitrogens with one attached hydrogen (secondary N) is 1. The lowest BCUT2D eigenvalue weighted by Crippen LogP contribution is -2.26. The molecular weight excluding hydrogens is 260 g/mol. The summed E-state index contributed by atoms with van der Waals surface area (Å²) in [5, 5.41) is 3.70. The van der Waals surface area contributed by atoms with Crippen LogP contribution in [-0.2, 0) is 11.3 Å². The first-order chi connectivity index (χ1) is 9.10. The molecule has 4 heteroatoms.